The van der Waals surface area contributed by atoms with E-state index in [0.29, 0.717) is 5.56 Å². The Balaban J connectivity index is 2.99. The molecule has 0 spiro atoms. The molecule has 0 amide bonds. The minimum atomic E-state index is -1.04. The molecule has 16 heavy (non-hydrogen) atoms. The maximum atomic E-state index is 13.2. The van der Waals surface area contributed by atoms with Gasteiger partial charge < -0.3 is 10.8 Å². The van der Waals surface area contributed by atoms with Crippen molar-refractivity contribution < 1.29 is 9.50 Å². The lowest BCUT2D eigenvalue weighted by Gasteiger charge is -2.31. The van der Waals surface area contributed by atoms with Crippen molar-refractivity contribution in [3.63, 3.8) is 0 Å². The number of aliphatic hydroxyl groups is 1. The van der Waals surface area contributed by atoms with Crippen LogP contribution >= 0.6 is 11.6 Å². The standard InChI is InChI=1S/C12H17ClFNO/c1-8(2)12(16,7-15)6-9-4-3-5-10(14)11(9)13/h3-5,8,16H,6-7,15H2,1-2H3. The highest BCUT2D eigenvalue weighted by atomic mass is 35.5. The third-order valence-corrected chi connectivity index (χ3v) is 3.38. The van der Waals surface area contributed by atoms with Crippen LogP contribution in [-0.4, -0.2) is 17.3 Å². The average molecular weight is 246 g/mol. The smallest absolute Gasteiger partial charge is 0.142 e. The molecular formula is C12H17ClFNO. The lowest BCUT2D eigenvalue weighted by atomic mass is 9.84. The zero-order valence-electron chi connectivity index (χ0n) is 9.50. The summed E-state index contributed by atoms with van der Waals surface area (Å²) in [5, 5.41) is 10.3. The van der Waals surface area contributed by atoms with E-state index in [9.17, 15) is 9.50 Å². The summed E-state index contributed by atoms with van der Waals surface area (Å²) in [4.78, 5) is 0. The molecule has 0 radical (unpaired) electrons. The Morgan fingerprint density at radius 3 is 2.62 bits per heavy atom. The maximum Gasteiger partial charge on any atom is 0.142 e. The third-order valence-electron chi connectivity index (χ3n) is 2.96. The molecule has 0 aromatic heterocycles. The molecule has 1 rings (SSSR count). The Morgan fingerprint density at radius 2 is 2.12 bits per heavy atom. The van der Waals surface area contributed by atoms with E-state index in [1.807, 2.05) is 13.8 Å². The number of benzene rings is 1. The van der Waals surface area contributed by atoms with E-state index >= 15 is 0 Å². The summed E-state index contributed by atoms with van der Waals surface area (Å²) in [5.41, 5.74) is 5.10. The van der Waals surface area contributed by atoms with E-state index < -0.39 is 11.4 Å². The zero-order chi connectivity index (χ0) is 12.3. The largest absolute Gasteiger partial charge is 0.388 e. The second-order valence-electron chi connectivity index (χ2n) is 4.35. The second-order valence-corrected chi connectivity index (χ2v) is 4.73. The molecule has 90 valence electrons. The molecule has 0 saturated heterocycles. The highest BCUT2D eigenvalue weighted by Gasteiger charge is 2.30. The van der Waals surface area contributed by atoms with Crippen molar-refractivity contribution in [1.82, 2.24) is 0 Å². The average Bonchev–Trinajstić information content (AvgIpc) is 2.24. The second kappa shape index (κ2) is 5.13. The molecule has 0 saturated carbocycles. The van der Waals surface area contributed by atoms with Crippen LogP contribution in [0.3, 0.4) is 0 Å². The molecule has 0 heterocycles. The Bertz CT molecular complexity index is 370. The minimum absolute atomic E-state index is 0.0168. The quantitative estimate of drug-likeness (QED) is 0.856. The van der Waals surface area contributed by atoms with Crippen molar-refractivity contribution in [2.24, 2.45) is 11.7 Å². The van der Waals surface area contributed by atoms with Crippen LogP contribution in [0.25, 0.3) is 0 Å². The van der Waals surface area contributed by atoms with Crippen LogP contribution in [0.4, 0.5) is 4.39 Å². The van der Waals surface area contributed by atoms with E-state index in [-0.39, 0.29) is 23.9 Å². The SMILES string of the molecule is CC(C)C(O)(CN)Cc1cccc(F)c1Cl. The Hall–Kier alpha value is -0.640. The van der Waals surface area contributed by atoms with Gasteiger partial charge in [0.25, 0.3) is 0 Å². The molecule has 1 unspecified atom stereocenters. The lowest BCUT2D eigenvalue weighted by Crippen LogP contribution is -2.44. The van der Waals surface area contributed by atoms with Gasteiger partial charge in [0.15, 0.2) is 0 Å². The third kappa shape index (κ3) is 2.73. The van der Waals surface area contributed by atoms with Gasteiger partial charge in [0, 0.05) is 13.0 Å². The fourth-order valence-corrected chi connectivity index (χ4v) is 1.72. The van der Waals surface area contributed by atoms with Gasteiger partial charge in [-0.3, -0.25) is 0 Å². The zero-order valence-corrected chi connectivity index (χ0v) is 10.3. The van der Waals surface area contributed by atoms with E-state index in [1.165, 1.54) is 6.07 Å². The van der Waals surface area contributed by atoms with Gasteiger partial charge in [0.05, 0.1) is 10.6 Å². The van der Waals surface area contributed by atoms with Gasteiger partial charge in [-0.05, 0) is 17.5 Å². The lowest BCUT2D eigenvalue weighted by molar-refractivity contribution is 0.00405. The van der Waals surface area contributed by atoms with Gasteiger partial charge in [0.1, 0.15) is 5.82 Å². The Labute approximate surface area is 100 Å². The van der Waals surface area contributed by atoms with E-state index in [2.05, 4.69) is 0 Å². The first-order chi connectivity index (χ1) is 7.40. The Morgan fingerprint density at radius 1 is 1.50 bits per heavy atom. The first-order valence-corrected chi connectivity index (χ1v) is 5.64. The molecule has 1 aromatic rings. The summed E-state index contributed by atoms with van der Waals surface area (Å²) in [5.74, 6) is -0.487. The van der Waals surface area contributed by atoms with E-state index in [0.717, 1.165) is 0 Å². The predicted octanol–water partition coefficient (Wildman–Crippen LogP) is 2.37. The summed E-state index contributed by atoms with van der Waals surface area (Å²) in [6.07, 6.45) is 0.262. The van der Waals surface area contributed by atoms with Crippen molar-refractivity contribution in [2.45, 2.75) is 25.9 Å². The molecular weight excluding hydrogens is 229 g/mol. The van der Waals surface area contributed by atoms with Gasteiger partial charge in [-0.2, -0.15) is 0 Å². The molecule has 0 bridgehead atoms. The van der Waals surface area contributed by atoms with Crippen molar-refractivity contribution >= 4 is 11.6 Å². The fraction of sp³-hybridized carbons (Fsp3) is 0.500. The first-order valence-electron chi connectivity index (χ1n) is 5.26. The number of nitrogens with two attached hydrogens (primary N) is 1. The maximum absolute atomic E-state index is 13.2. The number of hydrogen-bond acceptors (Lipinski definition) is 2. The van der Waals surface area contributed by atoms with E-state index in [1.54, 1.807) is 12.1 Å². The summed E-state index contributed by atoms with van der Waals surface area (Å²) in [7, 11) is 0. The summed E-state index contributed by atoms with van der Waals surface area (Å²) in [6, 6.07) is 4.57. The van der Waals surface area contributed by atoms with Crippen LogP contribution in [0.5, 0.6) is 0 Å². The molecule has 0 fully saturated rings. The highest BCUT2D eigenvalue weighted by Crippen LogP contribution is 2.27. The van der Waals surface area contributed by atoms with Gasteiger partial charge in [0.2, 0.25) is 0 Å². The number of halogens is 2. The van der Waals surface area contributed by atoms with Crippen molar-refractivity contribution in [3.05, 3.63) is 34.6 Å². The predicted molar refractivity (Wildman–Crippen MR) is 64.0 cm³/mol. The van der Waals surface area contributed by atoms with Crippen molar-refractivity contribution in [1.29, 1.82) is 0 Å². The molecule has 3 N–H and O–H groups in total. The molecule has 1 aromatic carbocycles. The van der Waals surface area contributed by atoms with Crippen LogP contribution in [0.1, 0.15) is 19.4 Å². The molecule has 0 aliphatic rings. The Kier molecular flexibility index (Phi) is 4.30. The van der Waals surface area contributed by atoms with Crippen LogP contribution in [0.15, 0.2) is 18.2 Å². The highest BCUT2D eigenvalue weighted by molar-refractivity contribution is 6.31. The van der Waals surface area contributed by atoms with Gasteiger partial charge in [-0.1, -0.05) is 37.6 Å². The normalized spacial score (nSPS) is 15.2. The molecule has 1 atom stereocenters. The van der Waals surface area contributed by atoms with Gasteiger partial charge in [-0.15, -0.1) is 0 Å². The molecule has 4 heteroatoms. The monoisotopic (exact) mass is 245 g/mol. The molecule has 2 nitrogen and oxygen atoms in total. The summed E-state index contributed by atoms with van der Waals surface area (Å²) in [6.45, 7) is 3.87. The van der Waals surface area contributed by atoms with E-state index in [4.69, 9.17) is 17.3 Å². The van der Waals surface area contributed by atoms with Gasteiger partial charge in [-0.25, -0.2) is 4.39 Å². The summed E-state index contributed by atoms with van der Waals surface area (Å²) >= 11 is 5.83. The van der Waals surface area contributed by atoms with Gasteiger partial charge >= 0.3 is 0 Å². The van der Waals surface area contributed by atoms with Crippen molar-refractivity contribution in [3.8, 4) is 0 Å². The number of hydrogen-bond donors (Lipinski definition) is 2. The van der Waals surface area contributed by atoms with Crippen LogP contribution in [0, 0.1) is 11.7 Å². The van der Waals surface area contributed by atoms with Crippen LogP contribution in [-0.2, 0) is 6.42 Å². The van der Waals surface area contributed by atoms with Crippen LogP contribution < -0.4 is 5.73 Å². The molecule has 0 aliphatic heterocycles. The van der Waals surface area contributed by atoms with Crippen molar-refractivity contribution in [2.75, 3.05) is 6.54 Å². The first kappa shape index (κ1) is 13.4. The summed E-state index contributed by atoms with van der Waals surface area (Å²) < 4.78 is 13.2. The minimum Gasteiger partial charge on any atom is -0.388 e. The topological polar surface area (TPSA) is 46.2 Å². The van der Waals surface area contributed by atoms with Crippen LogP contribution in [0.2, 0.25) is 5.02 Å². The number of rotatable bonds is 4. The molecule has 0 aliphatic carbocycles. The fourth-order valence-electron chi connectivity index (χ4n) is 1.53.